The minimum absolute atomic E-state index is 0.0276. The van der Waals surface area contributed by atoms with Gasteiger partial charge in [0.05, 0.1) is 5.52 Å². The molecule has 4 rings (SSSR count). The van der Waals surface area contributed by atoms with Crippen molar-refractivity contribution >= 4 is 51.6 Å². The van der Waals surface area contributed by atoms with E-state index in [1.54, 1.807) is 23.3 Å². The van der Waals surface area contributed by atoms with Crippen molar-refractivity contribution in [1.29, 1.82) is 0 Å². The number of halogens is 2. The highest BCUT2D eigenvalue weighted by molar-refractivity contribution is 7.91. The summed E-state index contributed by atoms with van der Waals surface area (Å²) in [6.45, 7) is 3.49. The Hall–Kier alpha value is -2.08. The van der Waals surface area contributed by atoms with Crippen LogP contribution in [0, 0.1) is 0 Å². The average molecular weight is 512 g/mol. The summed E-state index contributed by atoms with van der Waals surface area (Å²) >= 11 is 10.8. The Morgan fingerprint density at radius 2 is 1.88 bits per heavy atom. The van der Waals surface area contributed by atoms with Gasteiger partial charge in [0.15, 0.2) is 4.90 Å². The lowest BCUT2D eigenvalue weighted by molar-refractivity contribution is -0.147. The highest BCUT2D eigenvalue weighted by Crippen LogP contribution is 2.20. The molecule has 1 aromatic heterocycles. The number of rotatable bonds is 8. The number of carbonyl (C=O) groups excluding carboxylic acids is 1. The van der Waals surface area contributed by atoms with Crippen LogP contribution in [0.3, 0.4) is 0 Å². The molecular formula is C21H23Cl2N5O4S. The summed E-state index contributed by atoms with van der Waals surface area (Å²) < 4.78 is 17.7. The molecule has 176 valence electrons. The van der Waals surface area contributed by atoms with E-state index in [9.17, 15) is 9.35 Å². The first kappa shape index (κ1) is 24.1. The van der Waals surface area contributed by atoms with Crippen LogP contribution < -0.4 is 0 Å². The number of hydrogen-bond donors (Lipinski definition) is 1. The highest BCUT2D eigenvalue weighted by Gasteiger charge is 2.21. The number of ether oxygens (including phenoxy) is 1. The Labute approximate surface area is 204 Å². The lowest BCUT2D eigenvalue weighted by Gasteiger charge is -2.32. The molecule has 2 aromatic carbocycles. The van der Waals surface area contributed by atoms with Crippen molar-refractivity contribution in [1.82, 2.24) is 25.4 Å². The number of hydrogen-bond acceptors (Lipinski definition) is 8. The van der Waals surface area contributed by atoms with E-state index >= 15 is 0 Å². The van der Waals surface area contributed by atoms with Crippen LogP contribution in [0.15, 0.2) is 41.3 Å². The molecule has 1 aliphatic heterocycles. The van der Waals surface area contributed by atoms with Gasteiger partial charge in [-0.1, -0.05) is 28.4 Å². The van der Waals surface area contributed by atoms with Crippen LogP contribution >= 0.6 is 23.2 Å². The van der Waals surface area contributed by atoms with Gasteiger partial charge in [0.25, 0.3) is 0 Å². The van der Waals surface area contributed by atoms with Gasteiger partial charge in [-0.15, -0.1) is 10.2 Å². The number of fused-ring (bicyclic) bond motifs is 1. The molecule has 1 saturated heterocycles. The molecule has 1 atom stereocenters. The second-order valence-corrected chi connectivity index (χ2v) is 10.0. The van der Waals surface area contributed by atoms with Crippen LogP contribution in [0.5, 0.6) is 0 Å². The van der Waals surface area contributed by atoms with Crippen LogP contribution in [0.4, 0.5) is 4.79 Å². The van der Waals surface area contributed by atoms with Crippen molar-refractivity contribution in [2.24, 2.45) is 0 Å². The topological polar surface area (TPSA) is 107 Å². The summed E-state index contributed by atoms with van der Waals surface area (Å²) in [4.78, 5) is 20.3. The standard InChI is InChI=1S/C21H23Cl2N5O4S/c22-16-10-15(11-17(23)12-16)14-31-21(29)32-28-7-5-27(6-8-28)4-1-9-33(30)18-2-3-19-20(13-18)25-26-24-19/h2-3,10-13H,1,4-9,14H2,(H,24,25,26). The van der Waals surface area contributed by atoms with E-state index in [2.05, 4.69) is 20.3 Å². The maximum Gasteiger partial charge on any atom is 0.528 e. The van der Waals surface area contributed by atoms with E-state index in [0.717, 1.165) is 36.5 Å². The number of hydroxylamine groups is 2. The fourth-order valence-electron chi connectivity index (χ4n) is 3.51. The molecule has 0 aliphatic carbocycles. The van der Waals surface area contributed by atoms with Gasteiger partial charge in [-0.05, 0) is 47.1 Å². The first-order valence-corrected chi connectivity index (χ1v) is 12.5. The molecule has 3 aromatic rings. The third kappa shape index (κ3) is 6.95. The maximum atomic E-state index is 12.6. The zero-order valence-electron chi connectivity index (χ0n) is 17.7. The summed E-state index contributed by atoms with van der Waals surface area (Å²) in [7, 11) is 0. The summed E-state index contributed by atoms with van der Waals surface area (Å²) in [5.74, 6) is 0.569. The van der Waals surface area contributed by atoms with Crippen LogP contribution in [0.1, 0.15) is 12.0 Å². The Bertz CT molecular complexity index is 1070. The second-order valence-electron chi connectivity index (χ2n) is 7.57. The van der Waals surface area contributed by atoms with E-state index in [0.29, 0.717) is 40.0 Å². The molecule has 1 unspecified atom stereocenters. The number of aromatic nitrogens is 3. The van der Waals surface area contributed by atoms with Gasteiger partial charge in [0.1, 0.15) is 17.9 Å². The van der Waals surface area contributed by atoms with E-state index in [1.807, 2.05) is 18.2 Å². The van der Waals surface area contributed by atoms with Crippen molar-refractivity contribution in [3.63, 3.8) is 0 Å². The quantitative estimate of drug-likeness (QED) is 0.360. The third-order valence-electron chi connectivity index (χ3n) is 5.18. The van der Waals surface area contributed by atoms with Gasteiger partial charge < -0.3 is 19.0 Å². The minimum atomic E-state index is -1.09. The Morgan fingerprint density at radius 3 is 2.64 bits per heavy atom. The molecule has 0 radical (unpaired) electrons. The molecule has 2 heterocycles. The van der Waals surface area contributed by atoms with Crippen molar-refractivity contribution < 1.29 is 18.9 Å². The number of H-pyrrole nitrogens is 1. The van der Waals surface area contributed by atoms with Gasteiger partial charge in [0, 0.05) is 55.3 Å². The van der Waals surface area contributed by atoms with E-state index < -0.39 is 17.3 Å². The molecule has 9 nitrogen and oxygen atoms in total. The molecule has 0 amide bonds. The number of aromatic amines is 1. The summed E-state index contributed by atoms with van der Waals surface area (Å²) in [6, 6.07) is 10.5. The van der Waals surface area contributed by atoms with Crippen molar-refractivity contribution in [3.05, 3.63) is 52.0 Å². The van der Waals surface area contributed by atoms with Crippen molar-refractivity contribution in [2.75, 3.05) is 38.5 Å². The van der Waals surface area contributed by atoms with Gasteiger partial charge in [-0.2, -0.15) is 0 Å². The van der Waals surface area contributed by atoms with Gasteiger partial charge in [-0.3, -0.25) is 5.10 Å². The number of benzene rings is 2. The molecule has 33 heavy (non-hydrogen) atoms. The fourth-order valence-corrected chi connectivity index (χ4v) is 5.17. The second kappa shape index (κ2) is 11.4. The van der Waals surface area contributed by atoms with Gasteiger partial charge in [-0.25, -0.2) is 4.79 Å². The number of nitrogens with zero attached hydrogens (tertiary/aromatic N) is 4. The number of carbonyl (C=O) groups is 1. The predicted octanol–water partition coefficient (Wildman–Crippen LogP) is 3.65. The summed E-state index contributed by atoms with van der Waals surface area (Å²) in [5.41, 5.74) is 2.23. The van der Waals surface area contributed by atoms with E-state index in [1.165, 1.54) is 0 Å². The third-order valence-corrected chi connectivity index (χ3v) is 7.05. The molecular weight excluding hydrogens is 489 g/mol. The number of piperazine rings is 1. The average Bonchev–Trinajstić information content (AvgIpc) is 3.26. The molecule has 12 heteroatoms. The first-order chi connectivity index (χ1) is 16.0. The van der Waals surface area contributed by atoms with E-state index in [4.69, 9.17) is 32.8 Å². The van der Waals surface area contributed by atoms with Gasteiger partial charge >= 0.3 is 6.16 Å². The predicted molar refractivity (Wildman–Crippen MR) is 126 cm³/mol. The lowest BCUT2D eigenvalue weighted by Crippen LogP contribution is -2.47. The minimum Gasteiger partial charge on any atom is -0.611 e. The SMILES string of the molecule is O=C(OCc1cc(Cl)cc(Cl)c1)ON1CCN(CCC[S+]([O-])c2ccc3[nH]nnc3c2)CC1. The maximum absolute atomic E-state index is 12.6. The molecule has 0 bridgehead atoms. The lowest BCUT2D eigenvalue weighted by atomic mass is 10.2. The first-order valence-electron chi connectivity index (χ1n) is 10.4. The molecule has 1 N–H and O–H groups in total. The molecule has 0 saturated carbocycles. The fraction of sp³-hybridized carbons (Fsp3) is 0.381. The Kier molecular flexibility index (Phi) is 8.29. The van der Waals surface area contributed by atoms with E-state index in [-0.39, 0.29) is 6.61 Å². The zero-order chi connectivity index (χ0) is 23.2. The zero-order valence-corrected chi connectivity index (χ0v) is 20.0. The smallest absolute Gasteiger partial charge is 0.528 e. The summed E-state index contributed by atoms with van der Waals surface area (Å²) in [5, 5.41) is 13.0. The largest absolute Gasteiger partial charge is 0.611 e. The molecule has 1 aliphatic rings. The normalized spacial score (nSPS) is 16.1. The number of nitrogens with one attached hydrogen (secondary N) is 1. The van der Waals surface area contributed by atoms with Crippen LogP contribution in [0.2, 0.25) is 10.0 Å². The molecule has 0 spiro atoms. The van der Waals surface area contributed by atoms with Gasteiger partial charge in [0.2, 0.25) is 0 Å². The van der Waals surface area contributed by atoms with Crippen molar-refractivity contribution in [2.45, 2.75) is 17.9 Å². The highest BCUT2D eigenvalue weighted by atomic mass is 35.5. The van der Waals surface area contributed by atoms with Crippen LogP contribution in [0.25, 0.3) is 11.0 Å². The monoisotopic (exact) mass is 511 g/mol. The molecule has 1 fully saturated rings. The summed E-state index contributed by atoms with van der Waals surface area (Å²) in [6.07, 6.45) is 0.0354. The van der Waals surface area contributed by atoms with Crippen LogP contribution in [-0.4, -0.2) is 74.6 Å². The van der Waals surface area contributed by atoms with Crippen molar-refractivity contribution in [3.8, 4) is 0 Å². The van der Waals surface area contributed by atoms with Crippen LogP contribution in [-0.2, 0) is 27.4 Å². The Morgan fingerprint density at radius 1 is 1.12 bits per heavy atom. The Balaban J connectivity index is 1.13.